The molecular weight excluding hydrogens is 210 g/mol. The molecule has 6 heteroatoms. The number of aromatic nitrogens is 3. The van der Waals surface area contributed by atoms with Crippen LogP contribution in [0.1, 0.15) is 6.42 Å². The van der Waals surface area contributed by atoms with Gasteiger partial charge in [-0.2, -0.15) is 15.0 Å². The van der Waals surface area contributed by atoms with E-state index in [9.17, 15) is 4.79 Å². The maximum absolute atomic E-state index is 10.4. The smallest absolute Gasteiger partial charge is 0.305 e. The van der Waals surface area contributed by atoms with E-state index in [-0.39, 0.29) is 13.0 Å². The van der Waals surface area contributed by atoms with Crippen LogP contribution < -0.4 is 4.74 Å². The lowest BCUT2D eigenvalue weighted by Gasteiger charge is -1.95. The zero-order chi connectivity index (χ0) is 11.5. The second-order valence-corrected chi connectivity index (χ2v) is 3.29. The van der Waals surface area contributed by atoms with E-state index < -0.39 is 5.97 Å². The van der Waals surface area contributed by atoms with Crippen molar-refractivity contribution in [3.8, 4) is 5.75 Å². The van der Waals surface area contributed by atoms with E-state index in [0.717, 1.165) is 5.52 Å². The number of carboxylic acids is 1. The Balaban J connectivity index is 2.25. The third kappa shape index (κ3) is 2.10. The fourth-order valence-electron chi connectivity index (χ4n) is 1.36. The molecule has 0 saturated carbocycles. The molecule has 0 unspecified atom stereocenters. The molecule has 1 aromatic carbocycles. The van der Waals surface area contributed by atoms with Crippen molar-refractivity contribution in [2.24, 2.45) is 0 Å². The molecule has 0 aliphatic carbocycles. The number of benzene rings is 1. The molecular formula is C10H11N3O3. The largest absolute Gasteiger partial charge is 0.497 e. The van der Waals surface area contributed by atoms with Gasteiger partial charge in [0.25, 0.3) is 0 Å². The molecule has 2 rings (SSSR count). The molecule has 0 fully saturated rings. The van der Waals surface area contributed by atoms with Crippen molar-refractivity contribution in [2.75, 3.05) is 7.11 Å². The topological polar surface area (TPSA) is 77.2 Å². The Hall–Kier alpha value is -2.11. The van der Waals surface area contributed by atoms with Gasteiger partial charge in [0.15, 0.2) is 0 Å². The molecule has 84 valence electrons. The number of nitrogens with zero attached hydrogens (tertiary/aromatic N) is 3. The second-order valence-electron chi connectivity index (χ2n) is 3.29. The number of hydrogen-bond donors (Lipinski definition) is 1. The highest BCUT2D eigenvalue weighted by Crippen LogP contribution is 2.17. The Bertz CT molecular complexity index is 521. The lowest BCUT2D eigenvalue weighted by atomic mass is 10.3. The van der Waals surface area contributed by atoms with Gasteiger partial charge >= 0.3 is 5.97 Å². The molecule has 0 atom stereocenters. The van der Waals surface area contributed by atoms with Crippen molar-refractivity contribution >= 4 is 17.0 Å². The summed E-state index contributed by atoms with van der Waals surface area (Å²) in [5, 5.41) is 16.8. The Labute approximate surface area is 91.4 Å². The molecule has 2 aromatic rings. The fourth-order valence-corrected chi connectivity index (χ4v) is 1.36. The minimum atomic E-state index is -0.862. The Morgan fingerprint density at radius 1 is 1.44 bits per heavy atom. The summed E-state index contributed by atoms with van der Waals surface area (Å²) in [7, 11) is 1.58. The van der Waals surface area contributed by atoms with Crippen molar-refractivity contribution < 1.29 is 14.6 Å². The Kier molecular flexibility index (Phi) is 2.72. The van der Waals surface area contributed by atoms with Crippen molar-refractivity contribution in [1.82, 2.24) is 15.0 Å². The number of carboxylic acid groups (broad SMARTS) is 1. The van der Waals surface area contributed by atoms with Crippen molar-refractivity contribution in [2.45, 2.75) is 13.0 Å². The number of hydrogen-bond acceptors (Lipinski definition) is 4. The molecule has 6 nitrogen and oxygen atoms in total. The standard InChI is InChI=1S/C10H11N3O3/c1-16-7-2-3-8-9(6-7)12-13(11-8)5-4-10(14)15/h2-3,6H,4-5H2,1H3,(H,14,15). The van der Waals surface area contributed by atoms with E-state index in [1.54, 1.807) is 25.3 Å². The Morgan fingerprint density at radius 2 is 2.19 bits per heavy atom. The zero-order valence-electron chi connectivity index (χ0n) is 8.75. The molecule has 0 aliphatic heterocycles. The van der Waals surface area contributed by atoms with E-state index in [4.69, 9.17) is 9.84 Å². The normalized spacial score (nSPS) is 10.6. The lowest BCUT2D eigenvalue weighted by molar-refractivity contribution is -0.137. The summed E-state index contributed by atoms with van der Waals surface area (Å²) >= 11 is 0. The third-order valence-corrected chi connectivity index (χ3v) is 2.15. The highest BCUT2D eigenvalue weighted by molar-refractivity contribution is 5.75. The van der Waals surface area contributed by atoms with Crippen LogP contribution in [0.3, 0.4) is 0 Å². The number of ether oxygens (including phenoxy) is 1. The summed E-state index contributed by atoms with van der Waals surface area (Å²) in [6.45, 7) is 0.270. The van der Waals surface area contributed by atoms with E-state index >= 15 is 0 Å². The average molecular weight is 221 g/mol. The van der Waals surface area contributed by atoms with Crippen LogP contribution in [0.2, 0.25) is 0 Å². The molecule has 16 heavy (non-hydrogen) atoms. The highest BCUT2D eigenvalue weighted by Gasteiger charge is 2.05. The number of fused-ring (bicyclic) bond motifs is 1. The third-order valence-electron chi connectivity index (χ3n) is 2.15. The van der Waals surface area contributed by atoms with Crippen LogP contribution in [0.5, 0.6) is 5.75 Å². The summed E-state index contributed by atoms with van der Waals surface area (Å²) in [6, 6.07) is 5.34. The van der Waals surface area contributed by atoms with Crippen LogP contribution in [-0.2, 0) is 11.3 Å². The van der Waals surface area contributed by atoms with Crippen LogP contribution >= 0.6 is 0 Å². The molecule has 0 radical (unpaired) electrons. The van der Waals surface area contributed by atoms with Crippen molar-refractivity contribution in [1.29, 1.82) is 0 Å². The maximum atomic E-state index is 10.4. The van der Waals surface area contributed by atoms with Crippen LogP contribution in [0, 0.1) is 0 Å². The van der Waals surface area contributed by atoms with Gasteiger partial charge in [-0.1, -0.05) is 0 Å². The lowest BCUT2D eigenvalue weighted by Crippen LogP contribution is -2.07. The minimum Gasteiger partial charge on any atom is -0.497 e. The number of aliphatic carboxylic acids is 1. The van der Waals surface area contributed by atoms with Gasteiger partial charge in [0.2, 0.25) is 0 Å². The fraction of sp³-hybridized carbons (Fsp3) is 0.300. The monoisotopic (exact) mass is 221 g/mol. The van der Waals surface area contributed by atoms with E-state index in [1.807, 2.05) is 0 Å². The molecule has 0 bridgehead atoms. The van der Waals surface area contributed by atoms with Gasteiger partial charge in [-0.3, -0.25) is 4.79 Å². The quantitative estimate of drug-likeness (QED) is 0.830. The summed E-state index contributed by atoms with van der Waals surface area (Å²) in [5.41, 5.74) is 1.43. The van der Waals surface area contributed by atoms with Crippen molar-refractivity contribution in [3.63, 3.8) is 0 Å². The summed E-state index contributed by atoms with van der Waals surface area (Å²) in [6.07, 6.45) is 0.0120. The zero-order valence-corrected chi connectivity index (χ0v) is 8.75. The van der Waals surface area contributed by atoms with Crippen molar-refractivity contribution in [3.05, 3.63) is 18.2 Å². The first-order valence-corrected chi connectivity index (χ1v) is 4.80. The van der Waals surface area contributed by atoms with Gasteiger partial charge < -0.3 is 9.84 Å². The number of aryl methyl sites for hydroxylation is 1. The number of carbonyl (C=O) groups is 1. The van der Waals surface area contributed by atoms with Gasteiger partial charge in [0.1, 0.15) is 16.8 Å². The van der Waals surface area contributed by atoms with Crippen LogP contribution in [0.25, 0.3) is 11.0 Å². The van der Waals surface area contributed by atoms with Gasteiger partial charge in [-0.25, -0.2) is 0 Å². The highest BCUT2D eigenvalue weighted by atomic mass is 16.5. The van der Waals surface area contributed by atoms with Crippen LogP contribution in [0.15, 0.2) is 18.2 Å². The predicted molar refractivity (Wildman–Crippen MR) is 56.3 cm³/mol. The molecule has 1 N–H and O–H groups in total. The van der Waals surface area contributed by atoms with E-state index in [0.29, 0.717) is 11.3 Å². The SMILES string of the molecule is COc1ccc2nn(CCC(=O)O)nc2c1. The molecule has 0 saturated heterocycles. The summed E-state index contributed by atoms with van der Waals surface area (Å²) in [4.78, 5) is 11.8. The van der Waals surface area contributed by atoms with E-state index in [2.05, 4.69) is 10.2 Å². The first-order chi connectivity index (χ1) is 7.69. The number of methoxy groups -OCH3 is 1. The summed E-state index contributed by atoms with van der Waals surface area (Å²) < 4.78 is 5.06. The first-order valence-electron chi connectivity index (χ1n) is 4.80. The molecule has 1 aromatic heterocycles. The first kappa shape index (κ1) is 10.4. The number of rotatable bonds is 4. The average Bonchev–Trinajstić information content (AvgIpc) is 2.67. The predicted octanol–water partition coefficient (Wildman–Crippen LogP) is 0.915. The van der Waals surface area contributed by atoms with Gasteiger partial charge in [-0.05, 0) is 12.1 Å². The molecule has 0 aliphatic rings. The molecule has 0 amide bonds. The molecule has 0 spiro atoms. The second kappa shape index (κ2) is 4.18. The van der Waals surface area contributed by atoms with Gasteiger partial charge in [-0.15, -0.1) is 0 Å². The molecule has 1 heterocycles. The Morgan fingerprint density at radius 3 is 2.88 bits per heavy atom. The van der Waals surface area contributed by atoms with Crippen LogP contribution in [0.4, 0.5) is 0 Å². The maximum Gasteiger partial charge on any atom is 0.305 e. The van der Waals surface area contributed by atoms with Gasteiger partial charge in [0, 0.05) is 6.07 Å². The van der Waals surface area contributed by atoms with E-state index in [1.165, 1.54) is 4.80 Å². The van der Waals surface area contributed by atoms with Crippen LogP contribution in [-0.4, -0.2) is 33.2 Å². The minimum absolute atomic E-state index is 0.0120. The van der Waals surface area contributed by atoms with Gasteiger partial charge in [0.05, 0.1) is 20.1 Å². The summed E-state index contributed by atoms with van der Waals surface area (Å²) in [5.74, 6) is -0.156.